The normalized spacial score (nSPS) is 23.0. The van der Waals surface area contributed by atoms with Crippen molar-refractivity contribution in [2.45, 2.75) is 44.7 Å². The van der Waals surface area contributed by atoms with Crippen LogP contribution in [0.2, 0.25) is 0 Å². The minimum atomic E-state index is -0.775. The molecule has 16 heavy (non-hydrogen) atoms. The standard InChI is InChI=1S/C11H20N2O3/c1-8(5-6-10(14)15)13-7-3-4-9(13)11(16)12-2/h8-9H,3-7H2,1-2H3,(H,12,16)(H,14,15). The van der Waals surface area contributed by atoms with Crippen LogP contribution in [0.5, 0.6) is 0 Å². The summed E-state index contributed by atoms with van der Waals surface area (Å²) in [7, 11) is 1.64. The number of nitrogens with one attached hydrogen (secondary N) is 1. The van der Waals surface area contributed by atoms with E-state index in [1.807, 2.05) is 6.92 Å². The molecule has 92 valence electrons. The maximum Gasteiger partial charge on any atom is 0.303 e. The number of carboxylic acids is 1. The van der Waals surface area contributed by atoms with E-state index in [2.05, 4.69) is 10.2 Å². The van der Waals surface area contributed by atoms with E-state index in [0.717, 1.165) is 19.4 Å². The highest BCUT2D eigenvalue weighted by Crippen LogP contribution is 2.22. The molecule has 1 saturated heterocycles. The van der Waals surface area contributed by atoms with Crippen molar-refractivity contribution in [1.82, 2.24) is 10.2 Å². The number of amides is 1. The van der Waals surface area contributed by atoms with Gasteiger partial charge < -0.3 is 10.4 Å². The zero-order chi connectivity index (χ0) is 12.1. The minimum absolute atomic E-state index is 0.0414. The molecule has 5 heteroatoms. The Labute approximate surface area is 95.8 Å². The molecular formula is C11H20N2O3. The Kier molecular flexibility index (Phi) is 4.73. The molecular weight excluding hydrogens is 208 g/mol. The van der Waals surface area contributed by atoms with Crippen molar-refractivity contribution in [3.8, 4) is 0 Å². The Morgan fingerprint density at radius 1 is 1.56 bits per heavy atom. The maximum atomic E-state index is 11.6. The van der Waals surface area contributed by atoms with E-state index in [1.165, 1.54) is 0 Å². The van der Waals surface area contributed by atoms with Gasteiger partial charge >= 0.3 is 5.97 Å². The van der Waals surface area contributed by atoms with Crippen LogP contribution in [-0.4, -0.2) is 47.6 Å². The second-order valence-electron chi connectivity index (χ2n) is 4.29. The number of likely N-dealkylation sites (N-methyl/N-ethyl adjacent to an activating group) is 1. The molecule has 0 bridgehead atoms. The Bertz CT molecular complexity index is 268. The molecule has 2 N–H and O–H groups in total. The third-order valence-corrected chi connectivity index (χ3v) is 3.19. The molecule has 0 radical (unpaired) electrons. The highest BCUT2D eigenvalue weighted by Gasteiger charge is 2.32. The summed E-state index contributed by atoms with van der Waals surface area (Å²) >= 11 is 0. The predicted molar refractivity (Wildman–Crippen MR) is 60.1 cm³/mol. The Morgan fingerprint density at radius 3 is 2.81 bits per heavy atom. The van der Waals surface area contributed by atoms with Gasteiger partial charge in [0.15, 0.2) is 0 Å². The third-order valence-electron chi connectivity index (χ3n) is 3.19. The van der Waals surface area contributed by atoms with Crippen LogP contribution in [0.4, 0.5) is 0 Å². The van der Waals surface area contributed by atoms with E-state index in [9.17, 15) is 9.59 Å². The summed E-state index contributed by atoms with van der Waals surface area (Å²) in [6.07, 6.45) is 2.65. The molecule has 1 amide bonds. The molecule has 1 rings (SSSR count). The number of hydrogen-bond acceptors (Lipinski definition) is 3. The Hall–Kier alpha value is -1.10. The van der Waals surface area contributed by atoms with Crippen LogP contribution in [0.25, 0.3) is 0 Å². The van der Waals surface area contributed by atoms with E-state index < -0.39 is 5.97 Å². The molecule has 0 aliphatic carbocycles. The molecule has 2 unspecified atom stereocenters. The lowest BCUT2D eigenvalue weighted by Crippen LogP contribution is -2.46. The number of likely N-dealkylation sites (tertiary alicyclic amines) is 1. The Morgan fingerprint density at radius 2 is 2.25 bits per heavy atom. The minimum Gasteiger partial charge on any atom is -0.481 e. The smallest absolute Gasteiger partial charge is 0.303 e. The van der Waals surface area contributed by atoms with Crippen LogP contribution in [0, 0.1) is 0 Å². The fraction of sp³-hybridized carbons (Fsp3) is 0.818. The molecule has 0 spiro atoms. The molecule has 0 saturated carbocycles. The van der Waals surface area contributed by atoms with E-state index in [1.54, 1.807) is 7.05 Å². The summed E-state index contributed by atoms with van der Waals surface area (Å²) in [5.41, 5.74) is 0. The van der Waals surface area contributed by atoms with Crippen molar-refractivity contribution < 1.29 is 14.7 Å². The first-order chi connectivity index (χ1) is 7.56. The van der Waals surface area contributed by atoms with Crippen LogP contribution in [0.1, 0.15) is 32.6 Å². The van der Waals surface area contributed by atoms with Gasteiger partial charge in [0, 0.05) is 19.5 Å². The van der Waals surface area contributed by atoms with E-state index >= 15 is 0 Å². The summed E-state index contributed by atoms with van der Waals surface area (Å²) in [5.74, 6) is -0.734. The van der Waals surface area contributed by atoms with Gasteiger partial charge in [-0.3, -0.25) is 14.5 Å². The second kappa shape index (κ2) is 5.84. The predicted octanol–water partition coefficient (Wildman–Crippen LogP) is 0.450. The van der Waals surface area contributed by atoms with Crippen molar-refractivity contribution in [3.05, 3.63) is 0 Å². The number of carbonyl (C=O) groups is 2. The molecule has 0 aromatic carbocycles. The lowest BCUT2D eigenvalue weighted by atomic mass is 10.1. The number of rotatable bonds is 5. The molecule has 2 atom stereocenters. The van der Waals surface area contributed by atoms with Gasteiger partial charge in [0.25, 0.3) is 0 Å². The average molecular weight is 228 g/mol. The summed E-state index contributed by atoms with van der Waals surface area (Å²) in [6.45, 7) is 2.88. The van der Waals surface area contributed by atoms with Gasteiger partial charge in [0.1, 0.15) is 0 Å². The molecule has 1 aliphatic heterocycles. The fourth-order valence-corrected chi connectivity index (χ4v) is 2.26. The molecule has 0 aromatic rings. The highest BCUT2D eigenvalue weighted by molar-refractivity contribution is 5.81. The third kappa shape index (κ3) is 3.20. The van der Waals surface area contributed by atoms with Gasteiger partial charge in [-0.05, 0) is 32.7 Å². The van der Waals surface area contributed by atoms with Gasteiger partial charge in [0.2, 0.25) is 5.91 Å². The van der Waals surface area contributed by atoms with Crippen LogP contribution >= 0.6 is 0 Å². The van der Waals surface area contributed by atoms with Crippen LogP contribution in [-0.2, 0) is 9.59 Å². The second-order valence-corrected chi connectivity index (χ2v) is 4.29. The van der Waals surface area contributed by atoms with E-state index in [4.69, 9.17) is 5.11 Å². The number of carboxylic acid groups (broad SMARTS) is 1. The van der Waals surface area contributed by atoms with Gasteiger partial charge in [0.05, 0.1) is 6.04 Å². The average Bonchev–Trinajstić information content (AvgIpc) is 2.73. The lowest BCUT2D eigenvalue weighted by Gasteiger charge is -2.29. The van der Waals surface area contributed by atoms with Gasteiger partial charge in [-0.25, -0.2) is 0 Å². The molecule has 1 heterocycles. The molecule has 1 fully saturated rings. The van der Waals surface area contributed by atoms with Gasteiger partial charge in [-0.15, -0.1) is 0 Å². The maximum absolute atomic E-state index is 11.6. The van der Waals surface area contributed by atoms with Crippen LogP contribution in [0.3, 0.4) is 0 Å². The monoisotopic (exact) mass is 228 g/mol. The lowest BCUT2D eigenvalue weighted by molar-refractivity contribution is -0.137. The number of nitrogens with zero attached hydrogens (tertiary/aromatic N) is 1. The largest absolute Gasteiger partial charge is 0.481 e. The number of hydrogen-bond donors (Lipinski definition) is 2. The molecule has 5 nitrogen and oxygen atoms in total. The summed E-state index contributed by atoms with van der Waals surface area (Å²) in [6, 6.07) is 0.0784. The number of aliphatic carboxylic acids is 1. The van der Waals surface area contributed by atoms with Crippen molar-refractivity contribution >= 4 is 11.9 Å². The first-order valence-corrected chi connectivity index (χ1v) is 5.75. The topological polar surface area (TPSA) is 69.6 Å². The van der Waals surface area contributed by atoms with Crippen molar-refractivity contribution in [1.29, 1.82) is 0 Å². The summed E-state index contributed by atoms with van der Waals surface area (Å²) < 4.78 is 0. The van der Waals surface area contributed by atoms with Gasteiger partial charge in [-0.2, -0.15) is 0 Å². The zero-order valence-electron chi connectivity index (χ0n) is 9.90. The highest BCUT2D eigenvalue weighted by atomic mass is 16.4. The first kappa shape index (κ1) is 13.0. The zero-order valence-corrected chi connectivity index (χ0v) is 9.90. The molecule has 1 aliphatic rings. The van der Waals surface area contributed by atoms with Crippen LogP contribution in [0.15, 0.2) is 0 Å². The van der Waals surface area contributed by atoms with Gasteiger partial charge in [-0.1, -0.05) is 0 Å². The number of carbonyl (C=O) groups excluding carboxylic acids is 1. The van der Waals surface area contributed by atoms with Crippen molar-refractivity contribution in [2.75, 3.05) is 13.6 Å². The fourth-order valence-electron chi connectivity index (χ4n) is 2.26. The van der Waals surface area contributed by atoms with Crippen LogP contribution < -0.4 is 5.32 Å². The van der Waals surface area contributed by atoms with E-state index in [0.29, 0.717) is 6.42 Å². The summed E-state index contributed by atoms with van der Waals surface area (Å²) in [4.78, 5) is 24.2. The van der Waals surface area contributed by atoms with E-state index in [-0.39, 0.29) is 24.4 Å². The van der Waals surface area contributed by atoms with Crippen molar-refractivity contribution in [3.63, 3.8) is 0 Å². The SMILES string of the molecule is CNC(=O)C1CCCN1C(C)CCC(=O)O. The van der Waals surface area contributed by atoms with Crippen molar-refractivity contribution in [2.24, 2.45) is 0 Å². The summed E-state index contributed by atoms with van der Waals surface area (Å²) in [5, 5.41) is 11.3. The quantitative estimate of drug-likeness (QED) is 0.717. The Balaban J connectivity index is 2.50. The molecule has 0 aromatic heterocycles. The first-order valence-electron chi connectivity index (χ1n) is 5.75.